The summed E-state index contributed by atoms with van der Waals surface area (Å²) in [5.41, 5.74) is 1.91. The predicted molar refractivity (Wildman–Crippen MR) is 54.8 cm³/mol. The summed E-state index contributed by atoms with van der Waals surface area (Å²) in [6, 6.07) is 3.96. The Morgan fingerprint density at radius 3 is 3.00 bits per heavy atom. The largest absolute Gasteiger partial charge is 0.235 e. The van der Waals surface area contributed by atoms with E-state index in [0.717, 1.165) is 14.7 Å². The van der Waals surface area contributed by atoms with Crippen LogP contribution in [0.3, 0.4) is 0 Å². The maximum atomic E-state index is 4.11. The molecule has 0 aromatic carbocycles. The van der Waals surface area contributed by atoms with Crippen LogP contribution in [0.4, 0.5) is 0 Å². The van der Waals surface area contributed by atoms with Gasteiger partial charge in [0.25, 0.3) is 0 Å². The van der Waals surface area contributed by atoms with Gasteiger partial charge in [-0.25, -0.2) is 4.98 Å². The fraction of sp³-hybridized carbons (Fsp3) is 0.125. The Balaban J connectivity index is 2.88. The van der Waals surface area contributed by atoms with Gasteiger partial charge in [0.1, 0.15) is 3.70 Å². The summed E-state index contributed by atoms with van der Waals surface area (Å²) in [6.07, 6.45) is 1.75. The van der Waals surface area contributed by atoms with Crippen molar-refractivity contribution in [1.29, 1.82) is 0 Å². The number of pyridine rings is 1. The van der Waals surface area contributed by atoms with Crippen molar-refractivity contribution in [2.24, 2.45) is 0 Å². The molecular weight excluding hydrogens is 265 g/mol. The second-order valence-corrected chi connectivity index (χ2v) is 3.64. The molecule has 0 saturated carbocycles. The smallest absolute Gasteiger partial charge is 0.182 e. The third kappa shape index (κ3) is 1.26. The number of halogens is 1. The van der Waals surface area contributed by atoms with E-state index in [0.29, 0.717) is 0 Å². The van der Waals surface area contributed by atoms with Gasteiger partial charge in [0.15, 0.2) is 5.65 Å². The van der Waals surface area contributed by atoms with Crippen LogP contribution in [0.25, 0.3) is 11.0 Å². The van der Waals surface area contributed by atoms with Gasteiger partial charge in [-0.2, -0.15) is 0 Å². The zero-order chi connectivity index (χ0) is 8.55. The average Bonchev–Trinajstić information content (AvgIpc) is 2.07. The lowest BCUT2D eigenvalue weighted by atomic mass is 10.2. The van der Waals surface area contributed by atoms with Crippen molar-refractivity contribution in [3.05, 3.63) is 27.6 Å². The van der Waals surface area contributed by atoms with E-state index in [4.69, 9.17) is 0 Å². The van der Waals surface area contributed by atoms with Gasteiger partial charge < -0.3 is 0 Å². The number of aromatic nitrogens is 3. The van der Waals surface area contributed by atoms with Crippen LogP contribution in [-0.4, -0.2) is 15.2 Å². The van der Waals surface area contributed by atoms with Crippen LogP contribution in [0.5, 0.6) is 0 Å². The molecule has 2 aromatic heterocycles. The van der Waals surface area contributed by atoms with Crippen molar-refractivity contribution in [2.75, 3.05) is 0 Å². The minimum atomic E-state index is 0.718. The highest BCUT2D eigenvalue weighted by atomic mass is 127. The maximum absolute atomic E-state index is 4.11. The molecule has 0 aliphatic carbocycles. The molecule has 0 bridgehead atoms. The number of aryl methyl sites for hydroxylation is 1. The molecule has 0 unspecified atom stereocenters. The van der Waals surface area contributed by atoms with Gasteiger partial charge in [-0.1, -0.05) is 0 Å². The lowest BCUT2D eigenvalue weighted by Crippen LogP contribution is -1.91. The number of nitrogens with zero attached hydrogens (tertiary/aromatic N) is 3. The van der Waals surface area contributed by atoms with E-state index in [1.807, 2.05) is 19.1 Å². The molecule has 0 aliphatic heterocycles. The van der Waals surface area contributed by atoms with Crippen molar-refractivity contribution in [2.45, 2.75) is 6.92 Å². The molecule has 0 fully saturated rings. The first kappa shape index (κ1) is 7.85. The van der Waals surface area contributed by atoms with E-state index in [9.17, 15) is 0 Å². The standard InChI is InChI=1S/C8H6IN3/c1-5-2-3-10-8-6(5)4-7(9)11-12-8/h2-4H,1H3. The summed E-state index contributed by atoms with van der Waals surface area (Å²) in [7, 11) is 0. The SMILES string of the molecule is Cc1ccnc2nnc(I)cc12. The van der Waals surface area contributed by atoms with Crippen molar-refractivity contribution in [1.82, 2.24) is 15.2 Å². The molecule has 60 valence electrons. The zero-order valence-corrected chi connectivity index (χ0v) is 8.61. The number of hydrogen-bond donors (Lipinski definition) is 0. The fourth-order valence-corrected chi connectivity index (χ4v) is 1.48. The molecule has 2 aromatic rings. The van der Waals surface area contributed by atoms with Gasteiger partial charge in [-0.15, -0.1) is 10.2 Å². The van der Waals surface area contributed by atoms with Crippen LogP contribution in [0.15, 0.2) is 18.3 Å². The molecule has 0 aliphatic rings. The van der Waals surface area contributed by atoms with Crippen LogP contribution in [0.2, 0.25) is 0 Å². The van der Waals surface area contributed by atoms with E-state index in [1.54, 1.807) is 6.20 Å². The molecule has 4 heteroatoms. The Morgan fingerprint density at radius 1 is 1.33 bits per heavy atom. The van der Waals surface area contributed by atoms with Gasteiger partial charge in [0, 0.05) is 11.6 Å². The highest BCUT2D eigenvalue weighted by Crippen LogP contribution is 2.14. The number of rotatable bonds is 0. The van der Waals surface area contributed by atoms with E-state index >= 15 is 0 Å². The monoisotopic (exact) mass is 271 g/mol. The second kappa shape index (κ2) is 2.93. The van der Waals surface area contributed by atoms with Gasteiger partial charge in [0.2, 0.25) is 0 Å². The Hall–Kier alpha value is -0.780. The molecule has 2 rings (SSSR count). The summed E-state index contributed by atoms with van der Waals surface area (Å²) >= 11 is 2.14. The van der Waals surface area contributed by atoms with Crippen LogP contribution < -0.4 is 0 Å². The second-order valence-electron chi connectivity index (χ2n) is 2.53. The molecule has 0 amide bonds. The maximum Gasteiger partial charge on any atom is 0.182 e. The fourth-order valence-electron chi connectivity index (χ4n) is 1.06. The summed E-state index contributed by atoms with van der Waals surface area (Å²) in [5, 5.41) is 8.98. The summed E-state index contributed by atoms with van der Waals surface area (Å²) in [4.78, 5) is 4.11. The van der Waals surface area contributed by atoms with Gasteiger partial charge >= 0.3 is 0 Å². The first-order valence-corrected chi connectivity index (χ1v) is 4.60. The number of hydrogen-bond acceptors (Lipinski definition) is 3. The van der Waals surface area contributed by atoms with E-state index in [1.165, 1.54) is 5.56 Å². The Bertz CT molecular complexity index is 428. The van der Waals surface area contributed by atoms with Crippen molar-refractivity contribution >= 4 is 33.6 Å². The van der Waals surface area contributed by atoms with Crippen molar-refractivity contribution < 1.29 is 0 Å². The van der Waals surface area contributed by atoms with Crippen LogP contribution >= 0.6 is 22.6 Å². The van der Waals surface area contributed by atoms with Gasteiger partial charge in [0.05, 0.1) is 0 Å². The topological polar surface area (TPSA) is 38.7 Å². The lowest BCUT2D eigenvalue weighted by Gasteiger charge is -1.98. The van der Waals surface area contributed by atoms with Crippen molar-refractivity contribution in [3.63, 3.8) is 0 Å². The van der Waals surface area contributed by atoms with Crippen LogP contribution in [0, 0.1) is 10.6 Å². The minimum Gasteiger partial charge on any atom is -0.235 e. The van der Waals surface area contributed by atoms with E-state index in [-0.39, 0.29) is 0 Å². The Morgan fingerprint density at radius 2 is 2.17 bits per heavy atom. The first-order chi connectivity index (χ1) is 5.77. The molecule has 2 heterocycles. The molecule has 0 atom stereocenters. The van der Waals surface area contributed by atoms with Crippen molar-refractivity contribution in [3.8, 4) is 0 Å². The normalized spacial score (nSPS) is 10.5. The Labute approximate surface area is 83.4 Å². The first-order valence-electron chi connectivity index (χ1n) is 3.52. The average molecular weight is 271 g/mol. The highest BCUT2D eigenvalue weighted by molar-refractivity contribution is 14.1. The Kier molecular flexibility index (Phi) is 1.92. The molecule has 0 radical (unpaired) electrons. The molecule has 3 nitrogen and oxygen atoms in total. The summed E-state index contributed by atoms with van der Waals surface area (Å²) < 4.78 is 0.899. The lowest BCUT2D eigenvalue weighted by molar-refractivity contribution is 1.02. The molecular formula is C8H6IN3. The summed E-state index contributed by atoms with van der Waals surface area (Å²) in [6.45, 7) is 2.04. The van der Waals surface area contributed by atoms with Gasteiger partial charge in [-0.3, -0.25) is 0 Å². The minimum absolute atomic E-state index is 0.718. The quantitative estimate of drug-likeness (QED) is 0.687. The van der Waals surface area contributed by atoms with Gasteiger partial charge in [-0.05, 0) is 47.2 Å². The summed E-state index contributed by atoms with van der Waals surface area (Å²) in [5.74, 6) is 0. The molecule has 0 spiro atoms. The van der Waals surface area contributed by atoms with E-state index < -0.39 is 0 Å². The highest BCUT2D eigenvalue weighted by Gasteiger charge is 1.99. The van der Waals surface area contributed by atoms with Crippen LogP contribution in [-0.2, 0) is 0 Å². The predicted octanol–water partition coefficient (Wildman–Crippen LogP) is 1.94. The zero-order valence-electron chi connectivity index (χ0n) is 6.45. The van der Waals surface area contributed by atoms with Crippen LogP contribution in [0.1, 0.15) is 5.56 Å². The number of fused-ring (bicyclic) bond motifs is 1. The molecule has 0 saturated heterocycles. The van der Waals surface area contributed by atoms with E-state index in [2.05, 4.69) is 37.8 Å². The molecule has 0 N–H and O–H groups in total. The third-order valence-electron chi connectivity index (χ3n) is 1.69. The molecule has 12 heavy (non-hydrogen) atoms. The third-order valence-corrected chi connectivity index (χ3v) is 2.22.